The van der Waals surface area contributed by atoms with Gasteiger partial charge in [0, 0.05) is 19.1 Å². The Labute approximate surface area is 85.7 Å². The maximum atomic E-state index is 5.35. The second-order valence-electron chi connectivity index (χ2n) is 3.71. The molecule has 0 amide bonds. The number of hydrogen-bond donors (Lipinski definition) is 3. The van der Waals surface area contributed by atoms with Gasteiger partial charge in [0.1, 0.15) is 0 Å². The molecule has 0 aromatic rings. The van der Waals surface area contributed by atoms with Crippen LogP contribution in [0.3, 0.4) is 0 Å². The first-order valence-corrected chi connectivity index (χ1v) is 5.22. The summed E-state index contributed by atoms with van der Waals surface area (Å²) in [4.78, 5) is 6.53. The van der Waals surface area contributed by atoms with Gasteiger partial charge in [-0.05, 0) is 33.4 Å². The minimum Gasteiger partial charge on any atom is -0.351 e. The third-order valence-corrected chi connectivity index (χ3v) is 2.42. The number of nitrogens with zero attached hydrogens (tertiary/aromatic N) is 2. The molecule has 0 aromatic carbocycles. The lowest BCUT2D eigenvalue weighted by Gasteiger charge is -2.30. The molecule has 0 saturated carbocycles. The number of aliphatic imine (C=N–C) groups is 1. The molecule has 1 aliphatic rings. The Balaban J connectivity index is 2.37. The van der Waals surface area contributed by atoms with Gasteiger partial charge in [0.2, 0.25) is 5.96 Å². The van der Waals surface area contributed by atoms with Crippen LogP contribution >= 0.6 is 0 Å². The Morgan fingerprint density at radius 3 is 3.00 bits per heavy atom. The topological polar surface area (TPSA) is 65.7 Å². The third-order valence-electron chi connectivity index (χ3n) is 2.42. The Bertz CT molecular complexity index is 192. The zero-order valence-electron chi connectivity index (χ0n) is 9.08. The molecular weight excluding hydrogens is 178 g/mol. The van der Waals surface area contributed by atoms with E-state index in [4.69, 9.17) is 5.84 Å². The molecule has 0 radical (unpaired) electrons. The monoisotopic (exact) mass is 199 g/mol. The van der Waals surface area contributed by atoms with Crippen molar-refractivity contribution in [2.75, 3.05) is 26.7 Å². The van der Waals surface area contributed by atoms with Crippen LogP contribution in [0.1, 0.15) is 19.8 Å². The average Bonchev–Trinajstić information content (AvgIpc) is 2.17. The maximum Gasteiger partial charge on any atom is 0.205 e. The van der Waals surface area contributed by atoms with Gasteiger partial charge in [-0.25, -0.2) is 5.84 Å². The van der Waals surface area contributed by atoms with Crippen LogP contribution in [0, 0.1) is 0 Å². The van der Waals surface area contributed by atoms with Gasteiger partial charge in [0.15, 0.2) is 0 Å². The molecule has 0 aromatic heterocycles. The lowest BCUT2D eigenvalue weighted by Crippen LogP contribution is -2.51. The summed E-state index contributed by atoms with van der Waals surface area (Å²) in [6, 6.07) is 0.468. The summed E-state index contributed by atoms with van der Waals surface area (Å²) < 4.78 is 0. The molecule has 1 aliphatic heterocycles. The molecule has 0 aliphatic carbocycles. The largest absolute Gasteiger partial charge is 0.351 e. The van der Waals surface area contributed by atoms with Crippen LogP contribution < -0.4 is 16.6 Å². The highest BCUT2D eigenvalue weighted by Crippen LogP contribution is 2.07. The second-order valence-corrected chi connectivity index (χ2v) is 3.71. The van der Waals surface area contributed by atoms with Crippen LogP contribution in [-0.4, -0.2) is 43.6 Å². The van der Waals surface area contributed by atoms with Gasteiger partial charge in [-0.2, -0.15) is 0 Å². The van der Waals surface area contributed by atoms with Crippen molar-refractivity contribution in [2.45, 2.75) is 25.8 Å². The zero-order valence-corrected chi connectivity index (χ0v) is 9.08. The van der Waals surface area contributed by atoms with Gasteiger partial charge in [-0.3, -0.25) is 10.4 Å². The van der Waals surface area contributed by atoms with Crippen molar-refractivity contribution in [3.8, 4) is 0 Å². The van der Waals surface area contributed by atoms with Crippen molar-refractivity contribution in [3.63, 3.8) is 0 Å². The summed E-state index contributed by atoms with van der Waals surface area (Å²) >= 11 is 0. The molecule has 82 valence electrons. The van der Waals surface area contributed by atoms with Crippen molar-refractivity contribution in [1.29, 1.82) is 0 Å². The predicted molar refractivity (Wildman–Crippen MR) is 59.0 cm³/mol. The lowest BCUT2D eigenvalue weighted by atomic mass is 10.1. The number of guanidine groups is 1. The fraction of sp³-hybridized carbons (Fsp3) is 0.889. The third kappa shape index (κ3) is 3.51. The van der Waals surface area contributed by atoms with Gasteiger partial charge in [0.25, 0.3) is 0 Å². The van der Waals surface area contributed by atoms with Crippen molar-refractivity contribution < 1.29 is 0 Å². The number of likely N-dealkylation sites (N-methyl/N-ethyl adjacent to an activating group) is 1. The molecule has 5 nitrogen and oxygen atoms in total. The molecule has 1 rings (SSSR count). The van der Waals surface area contributed by atoms with E-state index in [1.54, 1.807) is 0 Å². The lowest BCUT2D eigenvalue weighted by molar-refractivity contribution is 0.240. The van der Waals surface area contributed by atoms with Crippen LogP contribution in [0.2, 0.25) is 0 Å². The van der Waals surface area contributed by atoms with Gasteiger partial charge in [-0.15, -0.1) is 0 Å². The molecule has 1 unspecified atom stereocenters. The molecule has 14 heavy (non-hydrogen) atoms. The van der Waals surface area contributed by atoms with Crippen molar-refractivity contribution in [1.82, 2.24) is 15.6 Å². The van der Waals surface area contributed by atoms with Crippen molar-refractivity contribution >= 4 is 5.96 Å². The van der Waals surface area contributed by atoms with E-state index in [1.807, 2.05) is 6.92 Å². The van der Waals surface area contributed by atoms with E-state index in [-0.39, 0.29) is 0 Å². The van der Waals surface area contributed by atoms with E-state index in [2.05, 4.69) is 27.7 Å². The summed E-state index contributed by atoms with van der Waals surface area (Å²) in [5.74, 6) is 6.06. The first kappa shape index (κ1) is 11.3. The van der Waals surface area contributed by atoms with Gasteiger partial charge in [0.05, 0.1) is 0 Å². The van der Waals surface area contributed by atoms with E-state index >= 15 is 0 Å². The van der Waals surface area contributed by atoms with Crippen LogP contribution in [-0.2, 0) is 0 Å². The minimum absolute atomic E-state index is 0.468. The fourth-order valence-corrected chi connectivity index (χ4v) is 1.77. The first-order valence-electron chi connectivity index (χ1n) is 5.22. The summed E-state index contributed by atoms with van der Waals surface area (Å²) in [7, 11) is 2.14. The molecule has 4 N–H and O–H groups in total. The summed E-state index contributed by atoms with van der Waals surface area (Å²) in [6.45, 7) is 4.99. The number of piperidine rings is 1. The Hall–Kier alpha value is -0.810. The highest BCUT2D eigenvalue weighted by atomic mass is 15.3. The normalized spacial score (nSPS) is 24.8. The van der Waals surface area contributed by atoms with Crippen LogP contribution in [0.15, 0.2) is 4.99 Å². The molecular formula is C9H21N5. The summed E-state index contributed by atoms with van der Waals surface area (Å²) in [5, 5.41) is 3.31. The standard InChI is InChI=1S/C9H21N5/c1-3-11-9(13-10)12-8-5-4-6-14(2)7-8/h8H,3-7,10H2,1-2H3,(H2,11,12,13). The number of hydrogen-bond acceptors (Lipinski definition) is 3. The SMILES string of the molecule is CCN=C(NN)NC1CCCN(C)C1. The summed E-state index contributed by atoms with van der Waals surface area (Å²) in [6.07, 6.45) is 2.42. The van der Waals surface area contributed by atoms with E-state index in [9.17, 15) is 0 Å². The zero-order chi connectivity index (χ0) is 10.4. The van der Waals surface area contributed by atoms with Gasteiger partial charge < -0.3 is 10.2 Å². The smallest absolute Gasteiger partial charge is 0.205 e. The van der Waals surface area contributed by atoms with Crippen LogP contribution in [0.25, 0.3) is 0 Å². The highest BCUT2D eigenvalue weighted by molar-refractivity contribution is 5.79. The minimum atomic E-state index is 0.468. The van der Waals surface area contributed by atoms with Crippen LogP contribution in [0.5, 0.6) is 0 Å². The highest BCUT2D eigenvalue weighted by Gasteiger charge is 2.17. The van der Waals surface area contributed by atoms with E-state index in [0.29, 0.717) is 12.0 Å². The maximum absolute atomic E-state index is 5.35. The summed E-state index contributed by atoms with van der Waals surface area (Å²) in [5.41, 5.74) is 2.59. The average molecular weight is 199 g/mol. The number of rotatable bonds is 2. The quantitative estimate of drug-likeness (QED) is 0.243. The molecule has 1 fully saturated rings. The van der Waals surface area contributed by atoms with E-state index in [0.717, 1.165) is 13.1 Å². The molecule has 1 heterocycles. The molecule has 1 saturated heterocycles. The number of likely N-dealkylation sites (tertiary alicyclic amines) is 1. The Kier molecular flexibility index (Phi) is 4.69. The van der Waals surface area contributed by atoms with Crippen molar-refractivity contribution in [3.05, 3.63) is 0 Å². The molecule has 1 atom stereocenters. The van der Waals surface area contributed by atoms with Gasteiger partial charge >= 0.3 is 0 Å². The number of hydrazine groups is 1. The second kappa shape index (κ2) is 5.82. The first-order chi connectivity index (χ1) is 6.76. The van der Waals surface area contributed by atoms with Crippen LogP contribution in [0.4, 0.5) is 0 Å². The molecule has 0 bridgehead atoms. The van der Waals surface area contributed by atoms with Gasteiger partial charge in [-0.1, -0.05) is 0 Å². The predicted octanol–water partition coefficient (Wildman–Crippen LogP) is -0.491. The fourth-order valence-electron chi connectivity index (χ4n) is 1.77. The van der Waals surface area contributed by atoms with E-state index in [1.165, 1.54) is 19.4 Å². The number of nitrogens with two attached hydrogens (primary N) is 1. The van der Waals surface area contributed by atoms with Crippen molar-refractivity contribution in [2.24, 2.45) is 10.8 Å². The number of nitrogens with one attached hydrogen (secondary N) is 2. The molecule has 0 spiro atoms. The van der Waals surface area contributed by atoms with E-state index < -0.39 is 0 Å². The Morgan fingerprint density at radius 1 is 1.64 bits per heavy atom. The Morgan fingerprint density at radius 2 is 2.43 bits per heavy atom. The molecule has 5 heteroatoms.